The van der Waals surface area contributed by atoms with Gasteiger partial charge >= 0.3 is 0 Å². The van der Waals surface area contributed by atoms with E-state index in [9.17, 15) is 9.59 Å². The van der Waals surface area contributed by atoms with Crippen molar-refractivity contribution in [1.29, 1.82) is 0 Å². The molecule has 0 aromatic heterocycles. The molecule has 0 radical (unpaired) electrons. The molecule has 1 aromatic rings. The van der Waals surface area contributed by atoms with Gasteiger partial charge in [0.1, 0.15) is 0 Å². The first-order valence-corrected chi connectivity index (χ1v) is 5.94. The van der Waals surface area contributed by atoms with Gasteiger partial charge in [-0.15, -0.1) is 0 Å². The lowest BCUT2D eigenvalue weighted by Crippen LogP contribution is -2.36. The van der Waals surface area contributed by atoms with Gasteiger partial charge < -0.3 is 16.8 Å². The molecule has 18 heavy (non-hydrogen) atoms. The van der Waals surface area contributed by atoms with Crippen LogP contribution in [-0.2, 0) is 11.3 Å². The SMILES string of the molecule is NCC1(C(=O)NCc2cccc(C(N)=O)c2)CC1. The van der Waals surface area contributed by atoms with Crippen LogP contribution in [0.25, 0.3) is 0 Å². The summed E-state index contributed by atoms with van der Waals surface area (Å²) in [6, 6.07) is 6.92. The highest BCUT2D eigenvalue weighted by Gasteiger charge is 2.48. The lowest BCUT2D eigenvalue weighted by Gasteiger charge is -2.12. The predicted molar refractivity (Wildman–Crippen MR) is 67.5 cm³/mol. The Labute approximate surface area is 106 Å². The van der Waals surface area contributed by atoms with E-state index in [0.717, 1.165) is 18.4 Å². The molecule has 5 N–H and O–H groups in total. The quantitative estimate of drug-likeness (QED) is 0.690. The van der Waals surface area contributed by atoms with Gasteiger partial charge in [-0.25, -0.2) is 0 Å². The van der Waals surface area contributed by atoms with Crippen molar-refractivity contribution in [3.63, 3.8) is 0 Å². The first kappa shape index (κ1) is 12.6. The van der Waals surface area contributed by atoms with E-state index in [2.05, 4.69) is 5.32 Å². The van der Waals surface area contributed by atoms with Crippen molar-refractivity contribution in [3.8, 4) is 0 Å². The van der Waals surface area contributed by atoms with Gasteiger partial charge in [0.05, 0.1) is 5.41 Å². The fourth-order valence-electron chi connectivity index (χ4n) is 1.88. The molecule has 0 unspecified atom stereocenters. The number of hydrogen-bond acceptors (Lipinski definition) is 3. The van der Waals surface area contributed by atoms with E-state index in [1.54, 1.807) is 18.2 Å². The summed E-state index contributed by atoms with van der Waals surface area (Å²) in [5.41, 5.74) is 11.7. The zero-order valence-corrected chi connectivity index (χ0v) is 10.1. The predicted octanol–water partition coefficient (Wildman–Crippen LogP) is 0.141. The van der Waals surface area contributed by atoms with Crippen LogP contribution < -0.4 is 16.8 Å². The Morgan fingerprint density at radius 1 is 1.33 bits per heavy atom. The third-order valence-corrected chi connectivity index (χ3v) is 3.39. The summed E-state index contributed by atoms with van der Waals surface area (Å²) in [5, 5.41) is 2.85. The lowest BCUT2D eigenvalue weighted by molar-refractivity contribution is -0.126. The number of rotatable bonds is 5. The molecule has 96 valence electrons. The summed E-state index contributed by atoms with van der Waals surface area (Å²) in [6.07, 6.45) is 1.72. The van der Waals surface area contributed by atoms with Crippen LogP contribution in [-0.4, -0.2) is 18.4 Å². The fraction of sp³-hybridized carbons (Fsp3) is 0.385. The van der Waals surface area contributed by atoms with E-state index >= 15 is 0 Å². The molecule has 1 aromatic carbocycles. The minimum Gasteiger partial charge on any atom is -0.366 e. The summed E-state index contributed by atoms with van der Waals surface area (Å²) in [5.74, 6) is -0.474. The molecular weight excluding hydrogens is 230 g/mol. The minimum atomic E-state index is -0.469. The van der Waals surface area contributed by atoms with E-state index in [1.807, 2.05) is 6.07 Å². The molecule has 0 aliphatic heterocycles. The van der Waals surface area contributed by atoms with Gasteiger partial charge in [-0.05, 0) is 30.5 Å². The Bertz CT molecular complexity index is 481. The van der Waals surface area contributed by atoms with Crippen molar-refractivity contribution in [2.45, 2.75) is 19.4 Å². The minimum absolute atomic E-state index is 0.00511. The van der Waals surface area contributed by atoms with Crippen molar-refractivity contribution in [2.24, 2.45) is 16.9 Å². The topological polar surface area (TPSA) is 98.2 Å². The summed E-state index contributed by atoms with van der Waals surface area (Å²) in [7, 11) is 0. The molecule has 0 bridgehead atoms. The average molecular weight is 247 g/mol. The van der Waals surface area contributed by atoms with Crippen LogP contribution in [0.5, 0.6) is 0 Å². The number of benzene rings is 1. The number of carbonyl (C=O) groups excluding carboxylic acids is 2. The third-order valence-electron chi connectivity index (χ3n) is 3.39. The summed E-state index contributed by atoms with van der Waals surface area (Å²) in [4.78, 5) is 22.9. The molecule has 1 aliphatic carbocycles. The Morgan fingerprint density at radius 2 is 2.06 bits per heavy atom. The fourth-order valence-corrected chi connectivity index (χ4v) is 1.88. The average Bonchev–Trinajstić information content (AvgIpc) is 3.17. The van der Waals surface area contributed by atoms with Crippen LogP contribution in [0.1, 0.15) is 28.8 Å². The standard InChI is InChI=1S/C13H17N3O2/c14-8-13(4-5-13)12(18)16-7-9-2-1-3-10(6-9)11(15)17/h1-3,6H,4-5,7-8,14H2,(H2,15,17)(H,16,18). The van der Waals surface area contributed by atoms with Crippen molar-refractivity contribution in [2.75, 3.05) is 6.54 Å². The first-order valence-electron chi connectivity index (χ1n) is 5.94. The zero-order chi connectivity index (χ0) is 13.2. The molecule has 0 atom stereocenters. The monoisotopic (exact) mass is 247 g/mol. The molecule has 5 heteroatoms. The van der Waals surface area contributed by atoms with Crippen molar-refractivity contribution < 1.29 is 9.59 Å². The van der Waals surface area contributed by atoms with Crippen LogP contribution in [0.3, 0.4) is 0 Å². The van der Waals surface area contributed by atoms with Gasteiger partial charge in [0.15, 0.2) is 0 Å². The zero-order valence-electron chi connectivity index (χ0n) is 10.1. The third kappa shape index (κ3) is 2.51. The first-order chi connectivity index (χ1) is 8.57. The van der Waals surface area contributed by atoms with E-state index in [4.69, 9.17) is 11.5 Å². The maximum Gasteiger partial charge on any atom is 0.248 e. The summed E-state index contributed by atoms with van der Waals surface area (Å²) >= 11 is 0. The van der Waals surface area contributed by atoms with Crippen LogP contribution >= 0.6 is 0 Å². The smallest absolute Gasteiger partial charge is 0.248 e. The Morgan fingerprint density at radius 3 is 2.61 bits per heavy atom. The van der Waals surface area contributed by atoms with E-state index < -0.39 is 5.91 Å². The molecule has 5 nitrogen and oxygen atoms in total. The molecular formula is C13H17N3O2. The number of nitrogens with one attached hydrogen (secondary N) is 1. The number of hydrogen-bond donors (Lipinski definition) is 3. The highest BCUT2D eigenvalue weighted by Crippen LogP contribution is 2.44. The second kappa shape index (κ2) is 4.78. The van der Waals surface area contributed by atoms with E-state index in [1.165, 1.54) is 0 Å². The molecule has 0 saturated heterocycles. The molecule has 2 amide bonds. The van der Waals surface area contributed by atoms with Gasteiger partial charge in [-0.2, -0.15) is 0 Å². The van der Waals surface area contributed by atoms with E-state index in [0.29, 0.717) is 18.7 Å². The summed E-state index contributed by atoms with van der Waals surface area (Å²) in [6.45, 7) is 0.780. The molecule has 2 rings (SSSR count). The highest BCUT2D eigenvalue weighted by molar-refractivity contribution is 5.93. The Balaban J connectivity index is 1.96. The van der Waals surface area contributed by atoms with Crippen LogP contribution in [0.4, 0.5) is 0 Å². The van der Waals surface area contributed by atoms with E-state index in [-0.39, 0.29) is 11.3 Å². The van der Waals surface area contributed by atoms with Gasteiger partial charge in [0, 0.05) is 18.7 Å². The summed E-state index contributed by atoms with van der Waals surface area (Å²) < 4.78 is 0. The molecule has 1 saturated carbocycles. The molecule has 1 aliphatic rings. The maximum absolute atomic E-state index is 11.9. The molecule has 0 heterocycles. The van der Waals surface area contributed by atoms with Gasteiger partial charge in [0.2, 0.25) is 11.8 Å². The van der Waals surface area contributed by atoms with Crippen LogP contribution in [0.15, 0.2) is 24.3 Å². The Kier molecular flexibility index (Phi) is 3.34. The van der Waals surface area contributed by atoms with Crippen molar-refractivity contribution in [1.82, 2.24) is 5.32 Å². The number of primary amides is 1. The lowest BCUT2D eigenvalue weighted by atomic mass is 10.1. The second-order valence-corrected chi connectivity index (χ2v) is 4.73. The maximum atomic E-state index is 11.9. The normalized spacial score (nSPS) is 16.1. The molecule has 1 fully saturated rings. The van der Waals surface area contributed by atoms with Crippen LogP contribution in [0.2, 0.25) is 0 Å². The second-order valence-electron chi connectivity index (χ2n) is 4.73. The largest absolute Gasteiger partial charge is 0.366 e. The van der Waals surface area contributed by atoms with Crippen molar-refractivity contribution >= 4 is 11.8 Å². The number of amides is 2. The molecule has 0 spiro atoms. The highest BCUT2D eigenvalue weighted by atomic mass is 16.2. The van der Waals surface area contributed by atoms with Gasteiger partial charge in [-0.1, -0.05) is 12.1 Å². The number of nitrogens with two attached hydrogens (primary N) is 2. The van der Waals surface area contributed by atoms with Crippen molar-refractivity contribution in [3.05, 3.63) is 35.4 Å². The Hall–Kier alpha value is -1.88. The van der Waals surface area contributed by atoms with Gasteiger partial charge in [0.25, 0.3) is 0 Å². The number of carbonyl (C=O) groups is 2. The van der Waals surface area contributed by atoms with Crippen LogP contribution in [0, 0.1) is 5.41 Å². The van der Waals surface area contributed by atoms with Gasteiger partial charge in [-0.3, -0.25) is 9.59 Å².